The van der Waals surface area contributed by atoms with Gasteiger partial charge in [-0.3, -0.25) is 32.1 Å². The Morgan fingerprint density at radius 2 is 1.01 bits per heavy atom. The van der Waals surface area contributed by atoms with E-state index in [1.165, 1.54) is 46.6 Å². The van der Waals surface area contributed by atoms with Crippen LogP contribution in [0.3, 0.4) is 0 Å². The number of ether oxygens (including phenoxy) is 11. The summed E-state index contributed by atoms with van der Waals surface area (Å²) >= 11 is 0. The molecule has 0 N–H and O–H groups in total. The van der Waals surface area contributed by atoms with E-state index in [9.17, 15) is 32.1 Å². The maximum Gasteiger partial charge on any atom is 0.762 e. The zero-order valence-corrected chi connectivity index (χ0v) is 45.1. The van der Waals surface area contributed by atoms with Crippen LogP contribution in [0.4, 0.5) is 12.9 Å². The third-order valence-corrected chi connectivity index (χ3v) is 14.3. The van der Waals surface area contributed by atoms with Gasteiger partial charge in [0, 0.05) is 86.5 Å². The monoisotopic (exact) mass is 1020 g/mol. The second-order valence-corrected chi connectivity index (χ2v) is 25.5. The molecule has 0 aromatic heterocycles. The average molecular weight is 1020 g/mol. The SMILES string of the molecule is C=CC[C@@H]1O[C@@H]([C@@H](COC(C)=O)OC(C)=O)C2OC3(CCCCC3)O[C@H]2[C@H]1C.C=CC[Si](C)(C)C.CC(=O)OC[C@@H](OC(C)=O)[C@@H]1O[C@@H](C)[C@H](C)[C@@H]2OC3(CCCCC3)OC21.CCOCC.FB(F)F. The topological polar surface area (TPSA) is 170 Å². The molecule has 12 atom stereocenters. The van der Waals surface area contributed by atoms with Gasteiger partial charge in [-0.15, -0.1) is 13.2 Å². The summed E-state index contributed by atoms with van der Waals surface area (Å²) in [4.78, 5) is 45.9. The molecule has 15 nitrogen and oxygen atoms in total. The van der Waals surface area contributed by atoms with Gasteiger partial charge in [-0.25, -0.2) is 0 Å². The molecule has 20 heteroatoms. The molecular weight excluding hydrogens is 936 g/mol. The van der Waals surface area contributed by atoms with Crippen LogP contribution in [0.1, 0.15) is 133 Å². The van der Waals surface area contributed by atoms with E-state index >= 15 is 0 Å². The van der Waals surface area contributed by atoms with E-state index in [1.54, 1.807) is 0 Å². The molecule has 0 radical (unpaired) electrons. The summed E-state index contributed by atoms with van der Waals surface area (Å²) in [5.74, 6) is -2.65. The number of rotatable bonds is 14. The van der Waals surface area contributed by atoms with Crippen LogP contribution in [0.25, 0.3) is 0 Å². The Bertz CT molecular complexity index is 1590. The molecule has 4 saturated heterocycles. The Kier molecular flexibility index (Phi) is 28.0. The van der Waals surface area contributed by atoms with Crippen molar-refractivity contribution < 1.29 is 84.2 Å². The molecule has 2 unspecified atom stereocenters. The quantitative estimate of drug-likeness (QED) is 0.0697. The lowest BCUT2D eigenvalue weighted by Crippen LogP contribution is -2.57. The maximum atomic E-state index is 11.7. The van der Waals surface area contributed by atoms with Crippen LogP contribution in [-0.4, -0.2) is 139 Å². The Morgan fingerprint density at radius 1 is 0.629 bits per heavy atom. The fraction of sp³-hybridized carbons (Fsp3) is 0.840. The van der Waals surface area contributed by atoms with E-state index in [0.29, 0.717) is 6.42 Å². The third kappa shape index (κ3) is 21.3. The molecule has 404 valence electrons. The fourth-order valence-electron chi connectivity index (χ4n) is 9.51. The number of carbonyl (C=O) groups is 4. The molecule has 0 bridgehead atoms. The highest BCUT2D eigenvalue weighted by Gasteiger charge is 2.60. The van der Waals surface area contributed by atoms with Crippen LogP contribution >= 0.6 is 0 Å². The molecule has 2 saturated carbocycles. The number of hydrogen-bond donors (Lipinski definition) is 0. The van der Waals surface area contributed by atoms with Crippen molar-refractivity contribution in [3.63, 3.8) is 0 Å². The summed E-state index contributed by atoms with van der Waals surface area (Å²) in [5, 5.41) is 0. The van der Waals surface area contributed by atoms with Crippen molar-refractivity contribution in [2.24, 2.45) is 11.8 Å². The van der Waals surface area contributed by atoms with Crippen molar-refractivity contribution in [3.05, 3.63) is 25.3 Å². The summed E-state index contributed by atoms with van der Waals surface area (Å²) in [6.45, 7) is 31.6. The summed E-state index contributed by atoms with van der Waals surface area (Å²) in [6, 6.07) is 1.24. The fourth-order valence-corrected chi connectivity index (χ4v) is 10.4. The average Bonchev–Trinajstić information content (AvgIpc) is 3.83. The molecular formula is C50H86BF3O15Si. The minimum Gasteiger partial charge on any atom is -0.462 e. The predicted molar refractivity (Wildman–Crippen MR) is 261 cm³/mol. The Labute approximate surface area is 417 Å². The highest BCUT2D eigenvalue weighted by molar-refractivity contribution is 6.76. The number of fused-ring (bicyclic) bond motifs is 2. The lowest BCUT2D eigenvalue weighted by atomic mass is 9.85. The minimum atomic E-state index is -3.67. The Balaban J connectivity index is 0.000000368. The zero-order chi connectivity index (χ0) is 52.8. The first-order valence-corrected chi connectivity index (χ1v) is 28.9. The Morgan fingerprint density at radius 3 is 1.33 bits per heavy atom. The summed E-state index contributed by atoms with van der Waals surface area (Å²) < 4.78 is 93.3. The summed E-state index contributed by atoms with van der Waals surface area (Å²) in [6.07, 6.45) is 10.8. The summed E-state index contributed by atoms with van der Waals surface area (Å²) in [7, 11) is -4.44. The van der Waals surface area contributed by atoms with Gasteiger partial charge in [0.05, 0.1) is 24.4 Å². The Hall–Kier alpha value is -2.85. The van der Waals surface area contributed by atoms with E-state index in [0.717, 1.165) is 64.6 Å². The van der Waals surface area contributed by atoms with Crippen LogP contribution < -0.4 is 0 Å². The van der Waals surface area contributed by atoms with E-state index in [-0.39, 0.29) is 61.7 Å². The number of halogens is 3. The van der Waals surface area contributed by atoms with Gasteiger partial charge in [0.15, 0.2) is 23.8 Å². The van der Waals surface area contributed by atoms with Crippen LogP contribution in [0.15, 0.2) is 25.3 Å². The van der Waals surface area contributed by atoms with Gasteiger partial charge in [-0.2, -0.15) is 0 Å². The smallest absolute Gasteiger partial charge is 0.462 e. The van der Waals surface area contributed by atoms with Crippen molar-refractivity contribution in [2.75, 3.05) is 26.4 Å². The first-order valence-electron chi connectivity index (χ1n) is 25.2. The third-order valence-electron chi connectivity index (χ3n) is 12.8. The normalized spacial score (nSPS) is 29.9. The lowest BCUT2D eigenvalue weighted by Gasteiger charge is -2.43. The molecule has 4 heterocycles. The number of hydrogen-bond acceptors (Lipinski definition) is 15. The minimum absolute atomic E-state index is 0.0553. The zero-order valence-electron chi connectivity index (χ0n) is 44.1. The molecule has 4 aliphatic heterocycles. The molecule has 6 aliphatic rings. The van der Waals surface area contributed by atoms with Gasteiger partial charge in [0.25, 0.3) is 0 Å². The number of allylic oxidation sites excluding steroid dienone is 1. The standard InChI is InChI=1S/C21H32O7.C19H30O7.C6H14Si.C4H10O.BF3/c1-5-9-16-13(2)18-20(28-21(27-18)10-7-6-8-11-21)19(26-16)17(25-15(4)23)12-24-14(3)22;1-11-12(2)23-17(15(24-14(4)21)10-22-13(3)20)18-16(11)25-19(26-18)8-6-5-7-9-19;1-5-6-7(2,3)4;1-3-5-4-2;2-1(3)4/h5,13,16-20H,1,6-12H2,2-4H3;11-12,15-18H,5-10H2,1-4H3;5H,1,6H2,2-4H3;3-4H2,1-2H3;/t13-,16-,17+,18-,19-,20?;11-,12-,15+,16-,17-,18?;;;/m00.../s1. The van der Waals surface area contributed by atoms with Crippen LogP contribution in [0, 0.1) is 11.8 Å². The van der Waals surface area contributed by atoms with E-state index in [4.69, 9.17) is 52.1 Å². The number of carbonyl (C=O) groups excluding carboxylic acids is 4. The van der Waals surface area contributed by atoms with Crippen molar-refractivity contribution in [3.8, 4) is 0 Å². The van der Waals surface area contributed by atoms with Crippen LogP contribution in [0.2, 0.25) is 25.7 Å². The van der Waals surface area contributed by atoms with Crippen molar-refractivity contribution in [2.45, 2.75) is 231 Å². The van der Waals surface area contributed by atoms with Gasteiger partial charge < -0.3 is 52.1 Å². The molecule has 2 spiro atoms. The van der Waals surface area contributed by atoms with Crippen molar-refractivity contribution in [1.82, 2.24) is 0 Å². The van der Waals surface area contributed by atoms with E-state index < -0.39 is 75.5 Å². The molecule has 70 heavy (non-hydrogen) atoms. The molecule has 6 fully saturated rings. The molecule has 0 aromatic carbocycles. The van der Waals surface area contributed by atoms with Crippen LogP contribution in [-0.2, 0) is 71.3 Å². The summed E-state index contributed by atoms with van der Waals surface area (Å²) in [5.41, 5.74) is 0. The maximum absolute atomic E-state index is 11.7. The van der Waals surface area contributed by atoms with Crippen LogP contribution in [0.5, 0.6) is 0 Å². The van der Waals surface area contributed by atoms with E-state index in [1.807, 2.05) is 32.9 Å². The van der Waals surface area contributed by atoms with Gasteiger partial charge in [-0.05, 0) is 58.9 Å². The first-order chi connectivity index (χ1) is 32.9. The van der Waals surface area contributed by atoms with E-state index in [2.05, 4.69) is 46.6 Å². The van der Waals surface area contributed by atoms with Gasteiger partial charge in [-0.1, -0.05) is 58.5 Å². The molecule has 6 rings (SSSR count). The predicted octanol–water partition coefficient (Wildman–Crippen LogP) is 9.69. The van der Waals surface area contributed by atoms with Gasteiger partial charge in [0.2, 0.25) is 0 Å². The second-order valence-electron chi connectivity index (χ2n) is 19.9. The first kappa shape index (κ1) is 63.3. The molecule has 2 aliphatic carbocycles. The van der Waals surface area contributed by atoms with Crippen molar-refractivity contribution >= 4 is 39.5 Å². The second kappa shape index (κ2) is 31.0. The molecule has 0 aromatic rings. The van der Waals surface area contributed by atoms with Gasteiger partial charge >= 0.3 is 31.4 Å². The van der Waals surface area contributed by atoms with Gasteiger partial charge in [0.1, 0.15) is 37.6 Å². The molecule has 0 amide bonds. The van der Waals surface area contributed by atoms with Crippen molar-refractivity contribution in [1.29, 1.82) is 0 Å². The largest absolute Gasteiger partial charge is 0.762 e. The number of esters is 4. The lowest BCUT2D eigenvalue weighted by molar-refractivity contribution is -0.218. The highest BCUT2D eigenvalue weighted by Crippen LogP contribution is 2.49. The highest BCUT2D eigenvalue weighted by atomic mass is 28.3.